The Morgan fingerprint density at radius 3 is 2.39 bits per heavy atom. The summed E-state index contributed by atoms with van der Waals surface area (Å²) in [7, 11) is 0. The summed E-state index contributed by atoms with van der Waals surface area (Å²) in [5.41, 5.74) is 0.175. The molecule has 1 aromatic carbocycles. The molecule has 1 aromatic rings. The molecule has 0 spiro atoms. The summed E-state index contributed by atoms with van der Waals surface area (Å²) in [6, 6.07) is 4.25. The van der Waals surface area contributed by atoms with E-state index in [9.17, 15) is 8.78 Å². The highest BCUT2D eigenvalue weighted by atomic mass is 19.1. The van der Waals surface area contributed by atoms with Crippen LogP contribution in [0, 0.1) is 17.0 Å². The molecule has 100 valence electrons. The molecule has 1 heterocycles. The van der Waals surface area contributed by atoms with Crippen molar-refractivity contribution in [2.24, 2.45) is 5.41 Å². The standard InChI is InChI=1S/C14H20F2N2/c1-14(2,3)12-9-18(8-7-17-12)13-10(15)5-4-6-11(13)16/h4-6,12,17H,7-9H2,1-3H3. The van der Waals surface area contributed by atoms with E-state index in [1.54, 1.807) is 4.90 Å². The van der Waals surface area contributed by atoms with E-state index in [2.05, 4.69) is 26.1 Å². The Morgan fingerprint density at radius 1 is 1.22 bits per heavy atom. The van der Waals surface area contributed by atoms with E-state index in [1.165, 1.54) is 18.2 Å². The zero-order valence-electron chi connectivity index (χ0n) is 11.1. The molecule has 18 heavy (non-hydrogen) atoms. The lowest BCUT2D eigenvalue weighted by Crippen LogP contribution is -2.56. The van der Waals surface area contributed by atoms with E-state index in [4.69, 9.17) is 0 Å². The number of halogens is 2. The first-order valence-corrected chi connectivity index (χ1v) is 6.32. The molecule has 0 radical (unpaired) electrons. The summed E-state index contributed by atoms with van der Waals surface area (Å²) < 4.78 is 27.5. The van der Waals surface area contributed by atoms with Crippen molar-refractivity contribution < 1.29 is 8.78 Å². The smallest absolute Gasteiger partial charge is 0.149 e. The van der Waals surface area contributed by atoms with Crippen LogP contribution in [0.25, 0.3) is 0 Å². The monoisotopic (exact) mass is 254 g/mol. The highest BCUT2D eigenvalue weighted by molar-refractivity contribution is 5.49. The first kappa shape index (κ1) is 13.3. The van der Waals surface area contributed by atoms with Crippen molar-refractivity contribution in [3.63, 3.8) is 0 Å². The number of para-hydroxylation sites is 1. The van der Waals surface area contributed by atoms with E-state index < -0.39 is 11.6 Å². The van der Waals surface area contributed by atoms with Crippen molar-refractivity contribution in [3.8, 4) is 0 Å². The Labute approximate surface area is 107 Å². The van der Waals surface area contributed by atoms with Crippen LogP contribution in [0.2, 0.25) is 0 Å². The zero-order valence-corrected chi connectivity index (χ0v) is 11.1. The van der Waals surface area contributed by atoms with E-state index in [0.29, 0.717) is 13.1 Å². The minimum atomic E-state index is -0.482. The fraction of sp³-hybridized carbons (Fsp3) is 0.571. The van der Waals surface area contributed by atoms with Crippen LogP contribution in [0.3, 0.4) is 0 Å². The molecule has 1 aliphatic heterocycles. The van der Waals surface area contributed by atoms with Crippen LogP contribution in [0.4, 0.5) is 14.5 Å². The van der Waals surface area contributed by atoms with Gasteiger partial charge in [0.1, 0.15) is 17.3 Å². The Morgan fingerprint density at radius 2 is 1.83 bits per heavy atom. The van der Waals surface area contributed by atoms with Crippen LogP contribution in [0.15, 0.2) is 18.2 Å². The second kappa shape index (κ2) is 4.84. The van der Waals surface area contributed by atoms with Crippen molar-refractivity contribution >= 4 is 5.69 Å². The zero-order chi connectivity index (χ0) is 13.3. The number of nitrogens with one attached hydrogen (secondary N) is 1. The summed E-state index contributed by atoms with van der Waals surface area (Å²) in [5, 5.41) is 3.41. The largest absolute Gasteiger partial charge is 0.364 e. The van der Waals surface area contributed by atoms with Crippen molar-refractivity contribution in [1.82, 2.24) is 5.32 Å². The second-order valence-corrected chi connectivity index (χ2v) is 5.89. The number of benzene rings is 1. The number of hydrogen-bond donors (Lipinski definition) is 1. The third-order valence-corrected chi connectivity index (χ3v) is 3.47. The molecular formula is C14H20F2N2. The predicted molar refractivity (Wildman–Crippen MR) is 69.8 cm³/mol. The molecule has 1 N–H and O–H groups in total. The highest BCUT2D eigenvalue weighted by Crippen LogP contribution is 2.28. The van der Waals surface area contributed by atoms with E-state index in [0.717, 1.165) is 6.54 Å². The average molecular weight is 254 g/mol. The lowest BCUT2D eigenvalue weighted by molar-refractivity contribution is 0.252. The van der Waals surface area contributed by atoms with Crippen molar-refractivity contribution in [1.29, 1.82) is 0 Å². The Bertz CT molecular complexity index is 406. The van der Waals surface area contributed by atoms with Crippen LogP contribution >= 0.6 is 0 Å². The second-order valence-electron chi connectivity index (χ2n) is 5.89. The number of anilines is 1. The molecule has 1 aliphatic rings. The summed E-state index contributed by atoms with van der Waals surface area (Å²) >= 11 is 0. The van der Waals surface area contributed by atoms with Gasteiger partial charge in [-0.2, -0.15) is 0 Å². The molecule has 4 heteroatoms. The van der Waals surface area contributed by atoms with Crippen molar-refractivity contribution in [3.05, 3.63) is 29.8 Å². The van der Waals surface area contributed by atoms with Gasteiger partial charge >= 0.3 is 0 Å². The molecule has 2 nitrogen and oxygen atoms in total. The molecule has 0 aromatic heterocycles. The summed E-state index contributed by atoms with van der Waals surface area (Å²) in [4.78, 5) is 1.80. The summed E-state index contributed by atoms with van der Waals surface area (Å²) in [5.74, 6) is -0.964. The quantitative estimate of drug-likeness (QED) is 0.829. The van der Waals surface area contributed by atoms with Crippen LogP contribution in [-0.2, 0) is 0 Å². The summed E-state index contributed by atoms with van der Waals surface area (Å²) in [6.07, 6.45) is 0. The van der Waals surface area contributed by atoms with Crippen molar-refractivity contribution in [2.45, 2.75) is 26.8 Å². The molecule has 2 rings (SSSR count). The summed E-state index contributed by atoms with van der Waals surface area (Å²) in [6.45, 7) is 8.39. The van der Waals surface area contributed by atoms with Gasteiger partial charge in [0, 0.05) is 25.7 Å². The van der Waals surface area contributed by atoms with Gasteiger partial charge in [-0.3, -0.25) is 0 Å². The SMILES string of the molecule is CC(C)(C)C1CN(c2c(F)cccc2F)CCN1. The third-order valence-electron chi connectivity index (χ3n) is 3.47. The topological polar surface area (TPSA) is 15.3 Å². The van der Waals surface area contributed by atoms with Crippen LogP contribution in [-0.4, -0.2) is 25.7 Å². The fourth-order valence-electron chi connectivity index (χ4n) is 2.32. The molecule has 1 atom stereocenters. The Hall–Kier alpha value is -1.16. The molecule has 1 unspecified atom stereocenters. The highest BCUT2D eigenvalue weighted by Gasteiger charge is 2.31. The average Bonchev–Trinajstić information content (AvgIpc) is 2.28. The number of piperazine rings is 1. The fourth-order valence-corrected chi connectivity index (χ4v) is 2.32. The van der Waals surface area contributed by atoms with Gasteiger partial charge in [-0.25, -0.2) is 8.78 Å². The van der Waals surface area contributed by atoms with Gasteiger partial charge in [0.2, 0.25) is 0 Å². The van der Waals surface area contributed by atoms with Crippen LogP contribution < -0.4 is 10.2 Å². The van der Waals surface area contributed by atoms with Gasteiger partial charge < -0.3 is 10.2 Å². The molecule has 1 fully saturated rings. The van der Waals surface area contributed by atoms with Gasteiger partial charge in [0.05, 0.1) is 0 Å². The lowest BCUT2D eigenvalue weighted by atomic mass is 9.85. The van der Waals surface area contributed by atoms with Gasteiger partial charge in [0.25, 0.3) is 0 Å². The maximum absolute atomic E-state index is 13.8. The first-order valence-electron chi connectivity index (χ1n) is 6.32. The predicted octanol–water partition coefficient (Wildman–Crippen LogP) is 2.79. The molecule has 0 amide bonds. The normalized spacial score (nSPS) is 21.2. The van der Waals surface area contributed by atoms with Gasteiger partial charge in [-0.1, -0.05) is 26.8 Å². The van der Waals surface area contributed by atoms with Gasteiger partial charge in [-0.05, 0) is 17.5 Å². The van der Waals surface area contributed by atoms with Gasteiger partial charge in [0.15, 0.2) is 0 Å². The molecule has 0 bridgehead atoms. The lowest BCUT2D eigenvalue weighted by Gasteiger charge is -2.41. The van der Waals surface area contributed by atoms with E-state index in [1.807, 2.05) is 0 Å². The minimum absolute atomic E-state index is 0.0698. The Kier molecular flexibility index (Phi) is 3.57. The van der Waals surface area contributed by atoms with Gasteiger partial charge in [-0.15, -0.1) is 0 Å². The molecular weight excluding hydrogens is 234 g/mol. The van der Waals surface area contributed by atoms with Crippen molar-refractivity contribution in [2.75, 3.05) is 24.5 Å². The molecule has 1 saturated heterocycles. The number of hydrogen-bond acceptors (Lipinski definition) is 2. The molecule has 0 saturated carbocycles. The van der Waals surface area contributed by atoms with Crippen LogP contribution in [0.5, 0.6) is 0 Å². The number of rotatable bonds is 1. The maximum atomic E-state index is 13.8. The van der Waals surface area contributed by atoms with Crippen LogP contribution in [0.1, 0.15) is 20.8 Å². The molecule has 0 aliphatic carbocycles. The number of nitrogens with zero attached hydrogens (tertiary/aromatic N) is 1. The van der Waals surface area contributed by atoms with E-state index >= 15 is 0 Å². The first-order chi connectivity index (χ1) is 8.39. The minimum Gasteiger partial charge on any atom is -0.364 e. The third kappa shape index (κ3) is 2.64. The maximum Gasteiger partial charge on any atom is 0.149 e. The Balaban J connectivity index is 2.24. The van der Waals surface area contributed by atoms with E-state index in [-0.39, 0.29) is 17.1 Å².